The summed E-state index contributed by atoms with van der Waals surface area (Å²) in [5.74, 6) is 1.04. The zero-order valence-corrected chi connectivity index (χ0v) is 11.8. The maximum absolute atomic E-state index is 9.25. The molecule has 98 valence electrons. The molecule has 19 heavy (non-hydrogen) atoms. The minimum absolute atomic E-state index is 0. The molecule has 1 aromatic carbocycles. The van der Waals surface area contributed by atoms with Gasteiger partial charge in [0.05, 0.1) is 5.39 Å². The number of rotatable bonds is 2. The van der Waals surface area contributed by atoms with Gasteiger partial charge in [-0.2, -0.15) is 0 Å². The molecule has 0 atom stereocenters. The molecule has 0 aliphatic rings. The molecule has 0 saturated heterocycles. The molecule has 2 heterocycles. The standard InChI is InChI=1S/C13H11N3OS.ClH/c1-8-6-11-12(14-7-15-13(11)18-8)16-9-2-4-10(17)5-3-9;/h2-7,17H,1H3,(H,14,15,16);1H. The highest BCUT2D eigenvalue weighted by Crippen LogP contribution is 2.29. The van der Waals surface area contributed by atoms with Crippen LogP contribution in [0, 0.1) is 6.92 Å². The molecular formula is C13H12ClN3OS. The molecule has 0 unspecified atom stereocenters. The molecular weight excluding hydrogens is 282 g/mol. The predicted octanol–water partition coefficient (Wildman–Crippen LogP) is 3.87. The summed E-state index contributed by atoms with van der Waals surface area (Å²) in [5.41, 5.74) is 0.886. The number of phenols is 1. The zero-order chi connectivity index (χ0) is 12.5. The molecule has 0 aliphatic carbocycles. The van der Waals surface area contributed by atoms with Gasteiger partial charge in [0.25, 0.3) is 0 Å². The number of halogens is 1. The molecule has 0 saturated carbocycles. The van der Waals surface area contributed by atoms with Crippen LogP contribution in [-0.4, -0.2) is 15.1 Å². The van der Waals surface area contributed by atoms with Crippen LogP contribution < -0.4 is 5.32 Å². The minimum Gasteiger partial charge on any atom is -0.508 e. The molecule has 0 spiro atoms. The topological polar surface area (TPSA) is 58.0 Å². The number of aryl methyl sites for hydroxylation is 1. The first-order valence-electron chi connectivity index (χ1n) is 5.49. The molecule has 0 fully saturated rings. The average Bonchev–Trinajstić information content (AvgIpc) is 2.73. The Balaban J connectivity index is 0.00000133. The van der Waals surface area contributed by atoms with Crippen molar-refractivity contribution in [2.24, 2.45) is 0 Å². The number of thiophene rings is 1. The van der Waals surface area contributed by atoms with Gasteiger partial charge in [0.1, 0.15) is 22.7 Å². The van der Waals surface area contributed by atoms with Crippen LogP contribution >= 0.6 is 23.7 Å². The molecule has 2 aromatic heterocycles. The van der Waals surface area contributed by atoms with Crippen molar-refractivity contribution in [1.82, 2.24) is 9.97 Å². The Morgan fingerprint density at radius 1 is 1.16 bits per heavy atom. The summed E-state index contributed by atoms with van der Waals surface area (Å²) in [4.78, 5) is 10.7. The van der Waals surface area contributed by atoms with Crippen LogP contribution in [0.25, 0.3) is 10.2 Å². The predicted molar refractivity (Wildman–Crippen MR) is 80.8 cm³/mol. The summed E-state index contributed by atoms with van der Waals surface area (Å²) >= 11 is 1.65. The van der Waals surface area contributed by atoms with Gasteiger partial charge in [-0.3, -0.25) is 0 Å². The molecule has 4 nitrogen and oxygen atoms in total. The third-order valence-electron chi connectivity index (χ3n) is 2.58. The second-order valence-electron chi connectivity index (χ2n) is 3.97. The normalized spacial score (nSPS) is 10.2. The Bertz CT molecular complexity index is 697. The van der Waals surface area contributed by atoms with Gasteiger partial charge in [0, 0.05) is 10.6 Å². The third kappa shape index (κ3) is 2.77. The first-order valence-corrected chi connectivity index (χ1v) is 6.31. The summed E-state index contributed by atoms with van der Waals surface area (Å²) in [6.07, 6.45) is 1.56. The van der Waals surface area contributed by atoms with Crippen molar-refractivity contribution < 1.29 is 5.11 Å². The van der Waals surface area contributed by atoms with Gasteiger partial charge in [0.15, 0.2) is 0 Å². The summed E-state index contributed by atoms with van der Waals surface area (Å²) in [6, 6.07) is 8.97. The van der Waals surface area contributed by atoms with E-state index in [0.29, 0.717) is 0 Å². The lowest BCUT2D eigenvalue weighted by Crippen LogP contribution is -1.94. The van der Waals surface area contributed by atoms with Gasteiger partial charge in [-0.15, -0.1) is 23.7 Å². The lowest BCUT2D eigenvalue weighted by Gasteiger charge is -2.06. The van der Waals surface area contributed by atoms with Crippen molar-refractivity contribution in [3.05, 3.63) is 41.5 Å². The number of phenolic OH excluding ortho intramolecular Hbond substituents is 1. The Hall–Kier alpha value is -1.85. The Morgan fingerprint density at radius 2 is 1.89 bits per heavy atom. The number of nitrogens with zero attached hydrogens (tertiary/aromatic N) is 2. The zero-order valence-electron chi connectivity index (χ0n) is 10.1. The number of hydrogen-bond acceptors (Lipinski definition) is 5. The van der Waals surface area contributed by atoms with Gasteiger partial charge >= 0.3 is 0 Å². The second-order valence-corrected chi connectivity index (χ2v) is 5.20. The SMILES string of the molecule is Cc1cc2c(Nc3ccc(O)cc3)ncnc2s1.Cl. The maximum atomic E-state index is 9.25. The second kappa shape index (κ2) is 5.42. The fourth-order valence-corrected chi connectivity index (χ4v) is 2.60. The fourth-order valence-electron chi connectivity index (χ4n) is 1.76. The fraction of sp³-hybridized carbons (Fsp3) is 0.0769. The number of benzene rings is 1. The van der Waals surface area contributed by atoms with Gasteiger partial charge in [-0.05, 0) is 37.3 Å². The molecule has 6 heteroatoms. The molecule has 0 radical (unpaired) electrons. The smallest absolute Gasteiger partial charge is 0.142 e. The van der Waals surface area contributed by atoms with Crippen LogP contribution in [0.3, 0.4) is 0 Å². The van der Waals surface area contributed by atoms with Crippen LogP contribution in [0.15, 0.2) is 36.7 Å². The molecule has 0 amide bonds. The lowest BCUT2D eigenvalue weighted by atomic mass is 10.3. The molecule has 3 aromatic rings. The molecule has 3 rings (SSSR count). The van der Waals surface area contributed by atoms with E-state index in [1.54, 1.807) is 29.8 Å². The van der Waals surface area contributed by atoms with E-state index >= 15 is 0 Å². The van der Waals surface area contributed by atoms with Crippen molar-refractivity contribution in [2.75, 3.05) is 5.32 Å². The average molecular weight is 294 g/mol. The first-order chi connectivity index (χ1) is 8.72. The number of anilines is 2. The maximum Gasteiger partial charge on any atom is 0.142 e. The van der Waals surface area contributed by atoms with Crippen molar-refractivity contribution in [1.29, 1.82) is 0 Å². The minimum atomic E-state index is 0. The number of aromatic nitrogens is 2. The van der Waals surface area contributed by atoms with Gasteiger partial charge in [-0.25, -0.2) is 9.97 Å². The number of fused-ring (bicyclic) bond motifs is 1. The molecule has 0 aliphatic heterocycles. The number of hydrogen-bond donors (Lipinski definition) is 2. The van der Waals surface area contributed by atoms with Crippen LogP contribution in [0.2, 0.25) is 0 Å². The molecule has 0 bridgehead atoms. The summed E-state index contributed by atoms with van der Waals surface area (Å²) < 4.78 is 0. The van der Waals surface area contributed by atoms with Crippen LogP contribution in [0.5, 0.6) is 5.75 Å². The third-order valence-corrected chi connectivity index (χ3v) is 3.54. The van der Waals surface area contributed by atoms with Crippen molar-refractivity contribution in [3.8, 4) is 5.75 Å². The largest absolute Gasteiger partial charge is 0.508 e. The van der Waals surface area contributed by atoms with Gasteiger partial charge < -0.3 is 10.4 Å². The van der Waals surface area contributed by atoms with Crippen LogP contribution in [0.4, 0.5) is 11.5 Å². The van der Waals surface area contributed by atoms with Gasteiger partial charge in [0.2, 0.25) is 0 Å². The van der Waals surface area contributed by atoms with E-state index in [4.69, 9.17) is 0 Å². The van der Waals surface area contributed by atoms with E-state index < -0.39 is 0 Å². The highest BCUT2D eigenvalue weighted by atomic mass is 35.5. The van der Waals surface area contributed by atoms with Crippen LogP contribution in [-0.2, 0) is 0 Å². The van der Waals surface area contributed by atoms with E-state index in [-0.39, 0.29) is 18.2 Å². The summed E-state index contributed by atoms with van der Waals surface area (Å²) in [5, 5.41) is 13.5. The van der Waals surface area contributed by atoms with Crippen molar-refractivity contribution >= 4 is 45.5 Å². The highest BCUT2D eigenvalue weighted by Gasteiger charge is 2.06. The van der Waals surface area contributed by atoms with Crippen molar-refractivity contribution in [3.63, 3.8) is 0 Å². The van der Waals surface area contributed by atoms with E-state index in [1.165, 1.54) is 4.88 Å². The lowest BCUT2D eigenvalue weighted by molar-refractivity contribution is 0.475. The Morgan fingerprint density at radius 3 is 2.63 bits per heavy atom. The monoisotopic (exact) mass is 293 g/mol. The van der Waals surface area contributed by atoms with Crippen LogP contribution in [0.1, 0.15) is 4.88 Å². The number of aromatic hydroxyl groups is 1. The van der Waals surface area contributed by atoms with Gasteiger partial charge in [-0.1, -0.05) is 0 Å². The van der Waals surface area contributed by atoms with Crippen molar-refractivity contribution in [2.45, 2.75) is 6.92 Å². The van der Waals surface area contributed by atoms with E-state index in [2.05, 4.69) is 28.3 Å². The van der Waals surface area contributed by atoms with E-state index in [1.807, 2.05) is 12.1 Å². The quantitative estimate of drug-likeness (QED) is 0.704. The summed E-state index contributed by atoms with van der Waals surface area (Å²) in [6.45, 7) is 2.05. The van der Waals surface area contributed by atoms with E-state index in [0.717, 1.165) is 21.7 Å². The highest BCUT2D eigenvalue weighted by molar-refractivity contribution is 7.18. The first kappa shape index (κ1) is 13.6. The summed E-state index contributed by atoms with van der Waals surface area (Å²) in [7, 11) is 0. The molecule has 2 N–H and O–H groups in total. The number of nitrogens with one attached hydrogen (secondary N) is 1. The van der Waals surface area contributed by atoms with E-state index in [9.17, 15) is 5.11 Å². The Kier molecular flexibility index (Phi) is 3.87. The Labute approximate surface area is 120 Å².